The van der Waals surface area contributed by atoms with Crippen LogP contribution in [0, 0.1) is 0 Å². The van der Waals surface area contributed by atoms with Crippen molar-refractivity contribution in [2.24, 2.45) is 0 Å². The summed E-state index contributed by atoms with van der Waals surface area (Å²) in [4.78, 5) is 0. The highest BCUT2D eigenvalue weighted by atomic mass is 16.5. The Kier molecular flexibility index (Phi) is 13.9. The Morgan fingerprint density at radius 2 is 0.679 bits per heavy atom. The smallest absolute Gasteiger partial charge is 0.123 e. The Morgan fingerprint density at radius 3 is 1.11 bits per heavy atom. The summed E-state index contributed by atoms with van der Waals surface area (Å²) in [5, 5.41) is 24.6. The first-order valence-electron chi connectivity index (χ1n) is 28.2. The van der Waals surface area contributed by atoms with Gasteiger partial charge in [0.25, 0.3) is 0 Å². The predicted molar refractivity (Wildman–Crippen MR) is 334 cm³/mol. The Balaban J connectivity index is 1.05. The Labute approximate surface area is 474 Å². The number of hydrogen-bond acceptors (Lipinski definition) is 4. The molecule has 13 rings (SSSR count). The van der Waals surface area contributed by atoms with E-state index in [1.54, 1.807) is 0 Å². The zero-order valence-corrected chi connectivity index (χ0v) is 45.6. The van der Waals surface area contributed by atoms with E-state index in [1.807, 2.05) is 0 Å². The van der Waals surface area contributed by atoms with Gasteiger partial charge in [-0.1, -0.05) is 220 Å². The molecule has 0 bridgehead atoms. The predicted octanol–water partition coefficient (Wildman–Crippen LogP) is 18.1. The minimum atomic E-state index is -0.783. The van der Waals surface area contributed by atoms with Gasteiger partial charge in [-0.3, -0.25) is 0 Å². The first-order valence-corrected chi connectivity index (χ1v) is 28.2. The highest BCUT2D eigenvalue weighted by Crippen LogP contribution is 2.58. The molecular weight excluding hydrogens is 989 g/mol. The standard InChI is InChI=1S/C77H62O4/c1-51(53-15-5-3-6-16-53)69-47-65(33-37-75(69)80-41-39-78)59-23-13-25-67(45-59)77(68-26-14-24-60(46-68)66-34-38-76(81-42-40-79)70(48-66)52(2)54-17-7-4-8-18-54)73-35-31-63(61-29-27-55-19-9-11-21-57(55)43-61)49-71(73)72-50-64(32-36-74(72)77)62-30-28-56-20-10-12-22-58(56)44-62/h3-38,43-52,78-79H,39-42H2,1-2H3. The van der Waals surface area contributed by atoms with E-state index in [1.165, 1.54) is 66.1 Å². The van der Waals surface area contributed by atoms with Gasteiger partial charge in [0.1, 0.15) is 24.7 Å². The van der Waals surface area contributed by atoms with Crippen molar-refractivity contribution < 1.29 is 19.7 Å². The Morgan fingerprint density at radius 1 is 0.321 bits per heavy atom. The van der Waals surface area contributed by atoms with E-state index in [4.69, 9.17) is 9.47 Å². The third kappa shape index (κ3) is 9.57. The highest BCUT2D eigenvalue weighted by molar-refractivity contribution is 5.95. The lowest BCUT2D eigenvalue weighted by molar-refractivity contribution is 0.200. The molecule has 12 aromatic carbocycles. The summed E-state index contributed by atoms with van der Waals surface area (Å²) >= 11 is 0. The quantitative estimate of drug-likeness (QED) is 0.101. The third-order valence-electron chi connectivity index (χ3n) is 16.8. The second kappa shape index (κ2) is 22.1. The normalized spacial score (nSPS) is 13.1. The summed E-state index contributed by atoms with van der Waals surface area (Å²) in [5.74, 6) is 1.61. The molecule has 0 saturated heterocycles. The first kappa shape index (κ1) is 51.1. The first-order chi connectivity index (χ1) is 39.9. The average molecular weight is 1050 g/mol. The van der Waals surface area contributed by atoms with Crippen molar-refractivity contribution in [3.05, 3.63) is 311 Å². The zero-order chi connectivity index (χ0) is 54.9. The summed E-state index contributed by atoms with van der Waals surface area (Å²) in [6, 6.07) is 97.6. The average Bonchev–Trinajstić information content (AvgIpc) is 2.84. The summed E-state index contributed by atoms with van der Waals surface area (Å²) < 4.78 is 12.5. The lowest BCUT2D eigenvalue weighted by atomic mass is 9.66. The molecule has 2 unspecified atom stereocenters. The van der Waals surface area contributed by atoms with Gasteiger partial charge in [-0.05, 0) is 171 Å². The number of ether oxygens (including phenoxy) is 2. The van der Waals surface area contributed by atoms with Crippen LogP contribution >= 0.6 is 0 Å². The number of fused-ring (bicyclic) bond motifs is 5. The van der Waals surface area contributed by atoms with Crippen molar-refractivity contribution in [1.29, 1.82) is 0 Å². The van der Waals surface area contributed by atoms with E-state index in [9.17, 15) is 10.2 Å². The molecule has 4 heteroatoms. The fourth-order valence-electron chi connectivity index (χ4n) is 12.6. The summed E-state index contributed by atoms with van der Waals surface area (Å²) in [7, 11) is 0. The van der Waals surface area contributed by atoms with Crippen LogP contribution in [0.15, 0.2) is 267 Å². The highest BCUT2D eigenvalue weighted by Gasteiger charge is 2.47. The number of aliphatic hydroxyl groups excluding tert-OH is 2. The summed E-state index contributed by atoms with van der Waals surface area (Å²) in [6.07, 6.45) is 0. The molecule has 1 aliphatic rings. The fourth-order valence-corrected chi connectivity index (χ4v) is 12.6. The van der Waals surface area contributed by atoms with Gasteiger partial charge < -0.3 is 19.7 Å². The lowest BCUT2D eigenvalue weighted by Crippen LogP contribution is -2.28. The lowest BCUT2D eigenvalue weighted by Gasteiger charge is -2.35. The van der Waals surface area contributed by atoms with Gasteiger partial charge in [-0.25, -0.2) is 0 Å². The summed E-state index contributed by atoms with van der Waals surface area (Å²) in [6.45, 7) is 4.74. The van der Waals surface area contributed by atoms with Crippen molar-refractivity contribution in [2.75, 3.05) is 26.4 Å². The van der Waals surface area contributed by atoms with Crippen LogP contribution in [0.5, 0.6) is 11.5 Å². The van der Waals surface area contributed by atoms with Crippen molar-refractivity contribution in [2.45, 2.75) is 31.1 Å². The number of benzene rings is 12. The second-order valence-electron chi connectivity index (χ2n) is 21.5. The van der Waals surface area contributed by atoms with Crippen LogP contribution in [0.3, 0.4) is 0 Å². The molecule has 0 aliphatic heterocycles. The molecule has 394 valence electrons. The molecule has 0 spiro atoms. The van der Waals surface area contributed by atoms with Gasteiger partial charge >= 0.3 is 0 Å². The largest absolute Gasteiger partial charge is 0.491 e. The molecule has 0 radical (unpaired) electrons. The van der Waals surface area contributed by atoms with Gasteiger partial charge in [0.05, 0.1) is 18.6 Å². The molecule has 2 N–H and O–H groups in total. The molecule has 0 amide bonds. The molecular formula is C77H62O4. The maximum atomic E-state index is 9.88. The number of hydrogen-bond donors (Lipinski definition) is 2. The summed E-state index contributed by atoms with van der Waals surface area (Å²) in [5.41, 5.74) is 19.8. The Bertz CT molecular complexity index is 3980. The Hall–Kier alpha value is -9.32. The van der Waals surface area contributed by atoms with Gasteiger partial charge in [-0.15, -0.1) is 0 Å². The zero-order valence-electron chi connectivity index (χ0n) is 45.6. The molecule has 12 aromatic rings. The molecule has 2 atom stereocenters. The minimum Gasteiger partial charge on any atom is -0.491 e. The number of rotatable bonds is 16. The van der Waals surface area contributed by atoms with Crippen molar-refractivity contribution >= 4 is 21.5 Å². The molecule has 0 aromatic heterocycles. The van der Waals surface area contributed by atoms with E-state index < -0.39 is 5.41 Å². The molecule has 0 saturated carbocycles. The van der Waals surface area contributed by atoms with Crippen LogP contribution < -0.4 is 9.47 Å². The minimum absolute atomic E-state index is 0.0331. The van der Waals surface area contributed by atoms with E-state index in [2.05, 4.69) is 281 Å². The maximum absolute atomic E-state index is 9.88. The fraction of sp³-hybridized carbons (Fsp3) is 0.117. The van der Waals surface area contributed by atoms with Gasteiger partial charge in [0.15, 0.2) is 0 Å². The molecule has 0 fully saturated rings. The van der Waals surface area contributed by atoms with Crippen LogP contribution in [-0.4, -0.2) is 36.6 Å². The van der Waals surface area contributed by atoms with E-state index in [0.717, 1.165) is 67.1 Å². The maximum Gasteiger partial charge on any atom is 0.123 e. The SMILES string of the molecule is CC(c1ccccc1)c1cc(-c2cccc(C3(c4cccc(-c5ccc(OCCO)c(C(C)c6ccccc6)c5)c4)c4ccc(-c5ccc6ccccc6c5)cc4-c4cc(-c5ccc6ccccc6c5)ccc43)c2)ccc1OCCO. The van der Waals surface area contributed by atoms with Gasteiger partial charge in [-0.2, -0.15) is 0 Å². The van der Waals surface area contributed by atoms with Crippen LogP contribution in [0.4, 0.5) is 0 Å². The van der Waals surface area contributed by atoms with Crippen LogP contribution in [0.2, 0.25) is 0 Å². The third-order valence-corrected chi connectivity index (χ3v) is 16.8. The van der Waals surface area contributed by atoms with Gasteiger partial charge in [0, 0.05) is 23.0 Å². The van der Waals surface area contributed by atoms with E-state index in [0.29, 0.717) is 0 Å². The number of aliphatic hydroxyl groups is 2. The van der Waals surface area contributed by atoms with Crippen molar-refractivity contribution in [3.8, 4) is 67.1 Å². The molecule has 81 heavy (non-hydrogen) atoms. The molecule has 1 aliphatic carbocycles. The monoisotopic (exact) mass is 1050 g/mol. The van der Waals surface area contributed by atoms with Crippen molar-refractivity contribution in [1.82, 2.24) is 0 Å². The van der Waals surface area contributed by atoms with Gasteiger partial charge in [0.2, 0.25) is 0 Å². The van der Waals surface area contributed by atoms with Crippen LogP contribution in [0.25, 0.3) is 77.2 Å². The molecule has 0 heterocycles. The van der Waals surface area contributed by atoms with Crippen molar-refractivity contribution in [3.63, 3.8) is 0 Å². The topological polar surface area (TPSA) is 58.9 Å². The van der Waals surface area contributed by atoms with Crippen LogP contribution in [0.1, 0.15) is 70.2 Å². The van der Waals surface area contributed by atoms with Crippen LogP contribution in [-0.2, 0) is 5.41 Å². The molecule has 4 nitrogen and oxygen atoms in total. The van der Waals surface area contributed by atoms with E-state index >= 15 is 0 Å². The van der Waals surface area contributed by atoms with E-state index in [-0.39, 0.29) is 38.3 Å². The second-order valence-corrected chi connectivity index (χ2v) is 21.5.